The Hall–Kier alpha value is -2.62. The van der Waals surface area contributed by atoms with Crippen LogP contribution in [-0.4, -0.2) is 49.2 Å². The number of hydrogen-bond donors (Lipinski definition) is 2. The highest BCUT2D eigenvalue weighted by molar-refractivity contribution is 7.12. The van der Waals surface area contributed by atoms with Gasteiger partial charge in [0.2, 0.25) is 0 Å². The van der Waals surface area contributed by atoms with Crippen LogP contribution in [0, 0.1) is 12.8 Å². The summed E-state index contributed by atoms with van der Waals surface area (Å²) in [6.07, 6.45) is 2.06. The Kier molecular flexibility index (Phi) is 6.45. The summed E-state index contributed by atoms with van der Waals surface area (Å²) in [6, 6.07) is 6.58. The predicted octanol–water partition coefficient (Wildman–Crippen LogP) is 3.66. The van der Waals surface area contributed by atoms with Crippen molar-refractivity contribution >= 4 is 52.2 Å². The van der Waals surface area contributed by atoms with Gasteiger partial charge in [-0.3, -0.25) is 15.0 Å². The minimum Gasteiger partial charge on any atom is -0.370 e. The molecular weight excluding hydrogens is 440 g/mol. The largest absolute Gasteiger partial charge is 0.370 e. The molecule has 0 atom stereocenters. The summed E-state index contributed by atoms with van der Waals surface area (Å²) in [5.74, 6) is -0.119. The van der Waals surface area contributed by atoms with Crippen molar-refractivity contribution in [2.24, 2.45) is 5.92 Å². The number of carbonyl (C=O) groups is 3. The first-order valence-electron chi connectivity index (χ1n) is 10.0. The normalized spacial score (nSPS) is 16.2. The summed E-state index contributed by atoms with van der Waals surface area (Å²) < 4.78 is 5.18. The third-order valence-electron chi connectivity index (χ3n) is 5.17. The SMILES string of the molecule is Cc1cc(NC(=O)N(CC2CC2)NC(=O)c2sccc2Cl)ccc1N1CCOCC1=O. The van der Waals surface area contributed by atoms with E-state index < -0.39 is 11.9 Å². The fourth-order valence-electron chi connectivity index (χ4n) is 3.37. The number of hydrazine groups is 1. The molecule has 164 valence electrons. The first-order chi connectivity index (χ1) is 14.9. The summed E-state index contributed by atoms with van der Waals surface area (Å²) in [7, 11) is 0. The van der Waals surface area contributed by atoms with Crippen molar-refractivity contribution in [3.63, 3.8) is 0 Å². The molecular formula is C21H23ClN4O4S. The van der Waals surface area contributed by atoms with E-state index in [4.69, 9.17) is 16.3 Å². The molecule has 1 aliphatic carbocycles. The van der Waals surface area contributed by atoms with Crippen LogP contribution in [0.15, 0.2) is 29.6 Å². The van der Waals surface area contributed by atoms with Crippen molar-refractivity contribution in [1.29, 1.82) is 0 Å². The number of morpholine rings is 1. The van der Waals surface area contributed by atoms with Gasteiger partial charge in [-0.05, 0) is 60.9 Å². The van der Waals surface area contributed by atoms with E-state index in [1.807, 2.05) is 19.1 Å². The van der Waals surface area contributed by atoms with Crippen LogP contribution in [-0.2, 0) is 9.53 Å². The maximum Gasteiger partial charge on any atom is 0.340 e. The highest BCUT2D eigenvalue weighted by Crippen LogP contribution is 2.30. The molecule has 1 saturated carbocycles. The lowest BCUT2D eigenvalue weighted by molar-refractivity contribution is -0.125. The van der Waals surface area contributed by atoms with E-state index in [1.54, 1.807) is 22.4 Å². The van der Waals surface area contributed by atoms with E-state index in [-0.39, 0.29) is 12.5 Å². The molecule has 1 aromatic heterocycles. The highest BCUT2D eigenvalue weighted by atomic mass is 35.5. The average molecular weight is 463 g/mol. The maximum atomic E-state index is 12.9. The van der Waals surface area contributed by atoms with Crippen LogP contribution < -0.4 is 15.6 Å². The molecule has 0 bridgehead atoms. The fourth-order valence-corrected chi connectivity index (χ4v) is 4.40. The summed E-state index contributed by atoms with van der Waals surface area (Å²) in [6.45, 7) is 3.38. The number of nitrogens with one attached hydrogen (secondary N) is 2. The Bertz CT molecular complexity index is 1010. The molecule has 2 aliphatic rings. The van der Waals surface area contributed by atoms with Crippen LogP contribution in [0.5, 0.6) is 0 Å². The number of amides is 4. The van der Waals surface area contributed by atoms with E-state index >= 15 is 0 Å². The van der Waals surface area contributed by atoms with Crippen molar-refractivity contribution in [2.45, 2.75) is 19.8 Å². The van der Waals surface area contributed by atoms with E-state index in [0.717, 1.165) is 24.1 Å². The molecule has 2 heterocycles. The van der Waals surface area contributed by atoms with Gasteiger partial charge in [0.1, 0.15) is 11.5 Å². The van der Waals surface area contributed by atoms with Gasteiger partial charge in [-0.2, -0.15) is 0 Å². The number of anilines is 2. The van der Waals surface area contributed by atoms with Crippen LogP contribution in [0.1, 0.15) is 28.1 Å². The van der Waals surface area contributed by atoms with Crippen LogP contribution in [0.4, 0.5) is 16.2 Å². The lowest BCUT2D eigenvalue weighted by Crippen LogP contribution is -2.49. The van der Waals surface area contributed by atoms with E-state index in [9.17, 15) is 14.4 Å². The van der Waals surface area contributed by atoms with Gasteiger partial charge in [0, 0.05) is 24.5 Å². The number of benzene rings is 1. The molecule has 10 heteroatoms. The number of aryl methyl sites for hydroxylation is 1. The lowest BCUT2D eigenvalue weighted by atomic mass is 10.1. The molecule has 0 unspecified atom stereocenters. The number of carbonyl (C=O) groups excluding carboxylic acids is 3. The Morgan fingerprint density at radius 3 is 2.77 bits per heavy atom. The predicted molar refractivity (Wildman–Crippen MR) is 120 cm³/mol. The van der Waals surface area contributed by atoms with Gasteiger partial charge in [0.05, 0.1) is 11.6 Å². The Morgan fingerprint density at radius 1 is 1.32 bits per heavy atom. The molecule has 31 heavy (non-hydrogen) atoms. The minimum absolute atomic E-state index is 0.0714. The van der Waals surface area contributed by atoms with Crippen molar-refractivity contribution in [3.05, 3.63) is 45.1 Å². The molecule has 8 nitrogen and oxygen atoms in total. The zero-order valence-electron chi connectivity index (χ0n) is 17.0. The molecule has 4 rings (SSSR count). The molecule has 1 aromatic carbocycles. The first-order valence-corrected chi connectivity index (χ1v) is 11.3. The molecule has 0 radical (unpaired) electrons. The lowest BCUT2D eigenvalue weighted by Gasteiger charge is -2.28. The molecule has 1 aliphatic heterocycles. The third-order valence-corrected chi connectivity index (χ3v) is 6.51. The summed E-state index contributed by atoms with van der Waals surface area (Å²) in [4.78, 5) is 39.6. The third kappa shape index (κ3) is 5.17. The molecule has 2 N–H and O–H groups in total. The summed E-state index contributed by atoms with van der Waals surface area (Å²) >= 11 is 7.27. The Labute approximate surface area is 189 Å². The quantitative estimate of drug-likeness (QED) is 0.663. The smallest absolute Gasteiger partial charge is 0.340 e. The number of ether oxygens (including phenoxy) is 1. The number of urea groups is 1. The van der Waals surface area contributed by atoms with Crippen molar-refractivity contribution < 1.29 is 19.1 Å². The van der Waals surface area contributed by atoms with Crippen LogP contribution >= 0.6 is 22.9 Å². The monoisotopic (exact) mass is 462 g/mol. The van der Waals surface area contributed by atoms with Crippen LogP contribution in [0.3, 0.4) is 0 Å². The second-order valence-corrected chi connectivity index (χ2v) is 8.95. The molecule has 2 fully saturated rings. The number of nitrogens with zero attached hydrogens (tertiary/aromatic N) is 2. The number of thiophene rings is 1. The highest BCUT2D eigenvalue weighted by Gasteiger charge is 2.29. The minimum atomic E-state index is -0.428. The number of rotatable bonds is 5. The average Bonchev–Trinajstić information content (AvgIpc) is 3.45. The van der Waals surface area contributed by atoms with E-state index in [1.165, 1.54) is 16.3 Å². The van der Waals surface area contributed by atoms with Gasteiger partial charge in [-0.25, -0.2) is 9.80 Å². The second kappa shape index (κ2) is 9.25. The number of halogens is 1. The molecule has 0 spiro atoms. The van der Waals surface area contributed by atoms with Gasteiger partial charge in [-0.15, -0.1) is 11.3 Å². The first kappa shape index (κ1) is 21.6. The van der Waals surface area contributed by atoms with Gasteiger partial charge >= 0.3 is 6.03 Å². The maximum absolute atomic E-state index is 12.9. The Morgan fingerprint density at radius 2 is 2.13 bits per heavy atom. The van der Waals surface area contributed by atoms with Crippen LogP contribution in [0.25, 0.3) is 0 Å². The Balaban J connectivity index is 1.45. The van der Waals surface area contributed by atoms with E-state index in [2.05, 4.69) is 10.7 Å². The second-order valence-electron chi connectivity index (χ2n) is 7.62. The summed E-state index contributed by atoms with van der Waals surface area (Å²) in [5.41, 5.74) is 4.91. The molecule has 1 saturated heterocycles. The van der Waals surface area contributed by atoms with Gasteiger partial charge in [0.15, 0.2) is 0 Å². The molecule has 2 aromatic rings. The van der Waals surface area contributed by atoms with Crippen molar-refractivity contribution in [3.8, 4) is 0 Å². The van der Waals surface area contributed by atoms with Crippen molar-refractivity contribution in [1.82, 2.24) is 10.4 Å². The van der Waals surface area contributed by atoms with Crippen molar-refractivity contribution in [2.75, 3.05) is 36.5 Å². The van der Waals surface area contributed by atoms with Gasteiger partial charge in [0.25, 0.3) is 11.8 Å². The standard InChI is InChI=1S/C21H23ClN4O4S/c1-13-10-15(4-5-17(13)25-7-8-30-12-18(25)27)23-21(29)26(11-14-2-3-14)24-20(28)19-16(22)6-9-31-19/h4-6,9-10,14H,2-3,7-8,11-12H2,1H3,(H,23,29)(H,24,28). The fraction of sp³-hybridized carbons (Fsp3) is 0.381. The molecule has 4 amide bonds. The topological polar surface area (TPSA) is 91.0 Å². The van der Waals surface area contributed by atoms with Gasteiger partial charge < -0.3 is 15.0 Å². The van der Waals surface area contributed by atoms with Gasteiger partial charge in [-0.1, -0.05) is 11.6 Å². The van der Waals surface area contributed by atoms with Crippen LogP contribution in [0.2, 0.25) is 5.02 Å². The summed E-state index contributed by atoms with van der Waals surface area (Å²) in [5, 5.41) is 6.24. The number of hydrogen-bond acceptors (Lipinski definition) is 5. The van der Waals surface area contributed by atoms with E-state index in [0.29, 0.717) is 41.2 Å². The zero-order valence-corrected chi connectivity index (χ0v) is 18.6. The zero-order chi connectivity index (χ0) is 22.0.